The van der Waals surface area contributed by atoms with Crippen LogP contribution < -0.4 is 5.32 Å². The molecule has 0 amide bonds. The highest BCUT2D eigenvalue weighted by Gasteiger charge is 2.20. The zero-order valence-electron chi connectivity index (χ0n) is 5.21. The number of aldehydes is 1. The predicted molar refractivity (Wildman–Crippen MR) is 33.1 cm³/mol. The summed E-state index contributed by atoms with van der Waals surface area (Å²) in [6, 6.07) is -0.321. The van der Waals surface area contributed by atoms with Crippen molar-refractivity contribution in [2.75, 3.05) is 6.54 Å². The Labute approximate surface area is 54.1 Å². The largest absolute Gasteiger partial charge is 0.391 e. The SMILES string of the molecule is O=C[C@H]1NCCC[C@H]1O. The monoisotopic (exact) mass is 129 g/mol. The van der Waals surface area contributed by atoms with Crippen molar-refractivity contribution in [1.29, 1.82) is 0 Å². The standard InChI is InChI=1S/C6H11NO2/c8-4-5-6(9)2-1-3-7-5/h4-7,9H,1-3H2/t5-,6-/m1/s1. The van der Waals surface area contributed by atoms with Crippen LogP contribution in [0, 0.1) is 0 Å². The molecule has 0 bridgehead atoms. The van der Waals surface area contributed by atoms with Crippen molar-refractivity contribution in [3.8, 4) is 0 Å². The molecule has 0 aromatic carbocycles. The average Bonchev–Trinajstić information content (AvgIpc) is 1.89. The summed E-state index contributed by atoms with van der Waals surface area (Å²) >= 11 is 0. The average molecular weight is 129 g/mol. The van der Waals surface area contributed by atoms with Crippen molar-refractivity contribution >= 4 is 6.29 Å². The Hall–Kier alpha value is -0.410. The van der Waals surface area contributed by atoms with Crippen LogP contribution in [-0.4, -0.2) is 30.1 Å². The number of hydrogen-bond acceptors (Lipinski definition) is 3. The first-order valence-electron chi connectivity index (χ1n) is 3.21. The van der Waals surface area contributed by atoms with Gasteiger partial charge in [-0.25, -0.2) is 0 Å². The second-order valence-corrected chi connectivity index (χ2v) is 2.33. The molecular formula is C6H11NO2. The molecule has 1 rings (SSSR count). The van der Waals surface area contributed by atoms with E-state index in [1.807, 2.05) is 0 Å². The maximum absolute atomic E-state index is 10.1. The van der Waals surface area contributed by atoms with Crippen molar-refractivity contribution in [2.45, 2.75) is 25.0 Å². The third-order valence-corrected chi connectivity index (χ3v) is 1.62. The highest BCUT2D eigenvalue weighted by atomic mass is 16.3. The van der Waals surface area contributed by atoms with E-state index in [0.29, 0.717) is 0 Å². The van der Waals surface area contributed by atoms with Crippen LogP contribution in [0.5, 0.6) is 0 Å². The lowest BCUT2D eigenvalue weighted by Crippen LogP contribution is -2.45. The first-order chi connectivity index (χ1) is 4.34. The molecule has 1 saturated heterocycles. The van der Waals surface area contributed by atoms with E-state index in [0.717, 1.165) is 25.7 Å². The fourth-order valence-electron chi connectivity index (χ4n) is 1.03. The highest BCUT2D eigenvalue weighted by Crippen LogP contribution is 2.05. The molecule has 3 heteroatoms. The number of piperidine rings is 1. The van der Waals surface area contributed by atoms with Gasteiger partial charge in [-0.05, 0) is 19.4 Å². The van der Waals surface area contributed by atoms with E-state index in [4.69, 9.17) is 5.11 Å². The van der Waals surface area contributed by atoms with Crippen molar-refractivity contribution in [3.63, 3.8) is 0 Å². The zero-order chi connectivity index (χ0) is 6.69. The van der Waals surface area contributed by atoms with Crippen molar-refractivity contribution < 1.29 is 9.90 Å². The Bertz CT molecular complexity index is 105. The first kappa shape index (κ1) is 6.71. The maximum Gasteiger partial charge on any atom is 0.139 e. The summed E-state index contributed by atoms with van der Waals surface area (Å²) < 4.78 is 0. The van der Waals surface area contributed by atoms with Crippen molar-refractivity contribution in [3.05, 3.63) is 0 Å². The Morgan fingerprint density at radius 1 is 1.67 bits per heavy atom. The predicted octanol–water partition coefficient (Wildman–Crippen LogP) is -0.702. The maximum atomic E-state index is 10.1. The molecule has 0 aliphatic carbocycles. The molecule has 1 aliphatic heterocycles. The van der Waals surface area contributed by atoms with E-state index in [1.54, 1.807) is 0 Å². The Kier molecular flexibility index (Phi) is 2.19. The van der Waals surface area contributed by atoms with Crippen LogP contribution in [0.4, 0.5) is 0 Å². The normalized spacial score (nSPS) is 36.1. The Morgan fingerprint density at radius 3 is 2.89 bits per heavy atom. The molecule has 0 spiro atoms. The minimum Gasteiger partial charge on any atom is -0.391 e. The molecule has 0 unspecified atom stereocenters. The van der Waals surface area contributed by atoms with E-state index in [2.05, 4.69) is 5.32 Å². The quantitative estimate of drug-likeness (QED) is 0.460. The molecule has 1 fully saturated rings. The summed E-state index contributed by atoms with van der Waals surface area (Å²) in [5.41, 5.74) is 0. The van der Waals surface area contributed by atoms with Gasteiger partial charge in [-0.15, -0.1) is 0 Å². The van der Waals surface area contributed by atoms with E-state index in [9.17, 15) is 4.79 Å². The van der Waals surface area contributed by atoms with Gasteiger partial charge in [0.15, 0.2) is 0 Å². The summed E-state index contributed by atoms with van der Waals surface area (Å²) in [5.74, 6) is 0. The molecule has 0 radical (unpaired) electrons. The zero-order valence-corrected chi connectivity index (χ0v) is 5.21. The van der Waals surface area contributed by atoms with Crippen LogP contribution >= 0.6 is 0 Å². The van der Waals surface area contributed by atoms with Crippen LogP contribution in [0.15, 0.2) is 0 Å². The van der Waals surface area contributed by atoms with Gasteiger partial charge in [-0.2, -0.15) is 0 Å². The third kappa shape index (κ3) is 1.50. The molecule has 2 N–H and O–H groups in total. The van der Waals surface area contributed by atoms with Gasteiger partial charge in [0.05, 0.1) is 12.1 Å². The second kappa shape index (κ2) is 2.94. The molecule has 0 aromatic heterocycles. The van der Waals surface area contributed by atoms with Gasteiger partial charge in [0.25, 0.3) is 0 Å². The van der Waals surface area contributed by atoms with Crippen LogP contribution in [0.3, 0.4) is 0 Å². The molecule has 9 heavy (non-hydrogen) atoms. The van der Waals surface area contributed by atoms with Gasteiger partial charge < -0.3 is 15.2 Å². The summed E-state index contributed by atoms with van der Waals surface area (Å²) in [4.78, 5) is 10.1. The third-order valence-electron chi connectivity index (χ3n) is 1.62. The lowest BCUT2D eigenvalue weighted by atomic mass is 10.0. The summed E-state index contributed by atoms with van der Waals surface area (Å²) in [6.07, 6.45) is 2.02. The Balaban J connectivity index is 2.38. The number of aliphatic hydroxyl groups is 1. The first-order valence-corrected chi connectivity index (χ1v) is 3.21. The van der Waals surface area contributed by atoms with Crippen LogP contribution in [0.25, 0.3) is 0 Å². The number of hydrogen-bond donors (Lipinski definition) is 2. The topological polar surface area (TPSA) is 49.3 Å². The number of nitrogens with one attached hydrogen (secondary N) is 1. The fraction of sp³-hybridized carbons (Fsp3) is 0.833. The van der Waals surface area contributed by atoms with Gasteiger partial charge in [0.1, 0.15) is 6.29 Å². The van der Waals surface area contributed by atoms with Gasteiger partial charge in [-0.3, -0.25) is 0 Å². The lowest BCUT2D eigenvalue weighted by molar-refractivity contribution is -0.112. The van der Waals surface area contributed by atoms with Crippen LogP contribution in [0.1, 0.15) is 12.8 Å². The second-order valence-electron chi connectivity index (χ2n) is 2.33. The van der Waals surface area contributed by atoms with Gasteiger partial charge in [-0.1, -0.05) is 0 Å². The molecule has 0 saturated carbocycles. The minimum atomic E-state index is -0.462. The number of aliphatic hydroxyl groups excluding tert-OH is 1. The van der Waals surface area contributed by atoms with Gasteiger partial charge >= 0.3 is 0 Å². The summed E-state index contributed by atoms with van der Waals surface area (Å²) in [7, 11) is 0. The minimum absolute atomic E-state index is 0.321. The van der Waals surface area contributed by atoms with Crippen LogP contribution in [-0.2, 0) is 4.79 Å². The molecule has 1 heterocycles. The van der Waals surface area contributed by atoms with Crippen LogP contribution in [0.2, 0.25) is 0 Å². The number of rotatable bonds is 1. The summed E-state index contributed by atoms with van der Waals surface area (Å²) in [6.45, 7) is 0.848. The van der Waals surface area contributed by atoms with Gasteiger partial charge in [0, 0.05) is 0 Å². The van der Waals surface area contributed by atoms with E-state index >= 15 is 0 Å². The molecule has 2 atom stereocenters. The van der Waals surface area contributed by atoms with E-state index < -0.39 is 6.10 Å². The number of carbonyl (C=O) groups is 1. The van der Waals surface area contributed by atoms with Gasteiger partial charge in [0.2, 0.25) is 0 Å². The van der Waals surface area contributed by atoms with E-state index in [-0.39, 0.29) is 6.04 Å². The highest BCUT2D eigenvalue weighted by molar-refractivity contribution is 5.58. The summed E-state index contributed by atoms with van der Waals surface area (Å²) in [5, 5.41) is 12.0. The van der Waals surface area contributed by atoms with Crippen molar-refractivity contribution in [2.24, 2.45) is 0 Å². The Morgan fingerprint density at radius 2 is 2.44 bits per heavy atom. The van der Waals surface area contributed by atoms with E-state index in [1.165, 1.54) is 0 Å². The number of carbonyl (C=O) groups excluding carboxylic acids is 1. The van der Waals surface area contributed by atoms with Crippen molar-refractivity contribution in [1.82, 2.24) is 5.32 Å². The fourth-order valence-corrected chi connectivity index (χ4v) is 1.03. The smallest absolute Gasteiger partial charge is 0.139 e. The molecule has 1 aliphatic rings. The molecule has 52 valence electrons. The molecular weight excluding hydrogens is 118 g/mol. The lowest BCUT2D eigenvalue weighted by Gasteiger charge is -2.23. The molecule has 3 nitrogen and oxygen atoms in total. The molecule has 0 aromatic rings.